The summed E-state index contributed by atoms with van der Waals surface area (Å²) in [6.07, 6.45) is -0.852. The molecule has 2 N–H and O–H groups in total. The SMILES string of the molecule is O=C(O)CC(NC(=O)OCc1ccccc1)c1sccc1Br. The van der Waals surface area contributed by atoms with Gasteiger partial charge in [-0.25, -0.2) is 4.79 Å². The van der Waals surface area contributed by atoms with Crippen molar-refractivity contribution in [3.63, 3.8) is 0 Å². The molecule has 1 atom stereocenters. The van der Waals surface area contributed by atoms with Crippen molar-refractivity contribution >= 4 is 39.3 Å². The summed E-state index contributed by atoms with van der Waals surface area (Å²) in [5.74, 6) is -0.992. The number of benzene rings is 1. The van der Waals surface area contributed by atoms with Crippen molar-refractivity contribution in [2.75, 3.05) is 0 Å². The minimum Gasteiger partial charge on any atom is -0.481 e. The Kier molecular flexibility index (Phi) is 5.97. The highest BCUT2D eigenvalue weighted by Gasteiger charge is 2.22. The van der Waals surface area contributed by atoms with Crippen molar-refractivity contribution in [3.8, 4) is 0 Å². The second kappa shape index (κ2) is 7.95. The molecule has 1 unspecified atom stereocenters. The molecule has 2 aromatic rings. The van der Waals surface area contributed by atoms with Crippen LogP contribution in [-0.2, 0) is 16.1 Å². The summed E-state index contributed by atoms with van der Waals surface area (Å²) >= 11 is 4.72. The molecule has 0 spiro atoms. The van der Waals surface area contributed by atoms with E-state index < -0.39 is 18.1 Å². The Bertz CT molecular complexity index is 644. The van der Waals surface area contributed by atoms with Crippen LogP contribution in [0, 0.1) is 0 Å². The first-order valence-electron chi connectivity index (χ1n) is 6.48. The van der Waals surface area contributed by atoms with Gasteiger partial charge in [0.1, 0.15) is 6.61 Å². The second-order valence-corrected chi connectivity index (χ2v) is 6.29. The predicted octanol–water partition coefficient (Wildman–Crippen LogP) is 3.95. The van der Waals surface area contributed by atoms with Crippen LogP contribution in [0.1, 0.15) is 22.9 Å². The van der Waals surface area contributed by atoms with Gasteiger partial charge in [-0.2, -0.15) is 0 Å². The van der Waals surface area contributed by atoms with Crippen LogP contribution in [0.15, 0.2) is 46.3 Å². The first-order chi connectivity index (χ1) is 10.6. The van der Waals surface area contributed by atoms with Gasteiger partial charge >= 0.3 is 12.1 Å². The Morgan fingerprint density at radius 3 is 2.59 bits per heavy atom. The molecule has 5 nitrogen and oxygen atoms in total. The maximum absolute atomic E-state index is 11.9. The van der Waals surface area contributed by atoms with Crippen molar-refractivity contribution in [2.45, 2.75) is 19.1 Å². The van der Waals surface area contributed by atoms with Gasteiger partial charge in [0.2, 0.25) is 0 Å². The van der Waals surface area contributed by atoms with E-state index in [1.165, 1.54) is 11.3 Å². The molecule has 0 saturated carbocycles. The van der Waals surface area contributed by atoms with E-state index in [2.05, 4.69) is 21.2 Å². The highest BCUT2D eigenvalue weighted by atomic mass is 79.9. The summed E-state index contributed by atoms with van der Waals surface area (Å²) in [4.78, 5) is 23.6. The van der Waals surface area contributed by atoms with Gasteiger partial charge in [-0.3, -0.25) is 4.79 Å². The van der Waals surface area contributed by atoms with Crippen LogP contribution in [0.3, 0.4) is 0 Å². The van der Waals surface area contributed by atoms with Crippen LogP contribution in [0.5, 0.6) is 0 Å². The first kappa shape index (κ1) is 16.5. The van der Waals surface area contributed by atoms with Gasteiger partial charge in [0.05, 0.1) is 12.5 Å². The van der Waals surface area contributed by atoms with Crippen LogP contribution < -0.4 is 5.32 Å². The summed E-state index contributed by atoms with van der Waals surface area (Å²) in [6.45, 7) is 0.137. The molecule has 0 aliphatic carbocycles. The van der Waals surface area contributed by atoms with E-state index in [0.717, 1.165) is 14.9 Å². The molecule has 1 amide bonds. The molecule has 116 valence electrons. The molecular weight excluding hydrogens is 370 g/mol. The maximum atomic E-state index is 11.9. The van der Waals surface area contributed by atoms with Crippen molar-refractivity contribution in [2.24, 2.45) is 0 Å². The van der Waals surface area contributed by atoms with Crippen LogP contribution in [-0.4, -0.2) is 17.2 Å². The first-order valence-corrected chi connectivity index (χ1v) is 8.15. The highest BCUT2D eigenvalue weighted by Crippen LogP contribution is 2.31. The number of ether oxygens (including phenoxy) is 1. The van der Waals surface area contributed by atoms with Gasteiger partial charge in [0.25, 0.3) is 0 Å². The molecule has 1 aromatic heterocycles. The fourth-order valence-electron chi connectivity index (χ4n) is 1.85. The molecule has 1 heterocycles. The zero-order valence-electron chi connectivity index (χ0n) is 11.5. The topological polar surface area (TPSA) is 75.6 Å². The number of nitrogens with one attached hydrogen (secondary N) is 1. The fraction of sp³-hybridized carbons (Fsp3) is 0.200. The minimum absolute atomic E-state index is 0.137. The predicted molar refractivity (Wildman–Crippen MR) is 86.8 cm³/mol. The second-order valence-electron chi connectivity index (χ2n) is 4.49. The number of carboxylic acid groups (broad SMARTS) is 1. The molecule has 0 saturated heterocycles. The summed E-state index contributed by atoms with van der Waals surface area (Å²) in [7, 11) is 0. The van der Waals surface area contributed by atoms with E-state index in [9.17, 15) is 9.59 Å². The van der Waals surface area contributed by atoms with E-state index >= 15 is 0 Å². The number of carbonyl (C=O) groups excluding carboxylic acids is 1. The highest BCUT2D eigenvalue weighted by molar-refractivity contribution is 9.10. The lowest BCUT2D eigenvalue weighted by atomic mass is 10.2. The van der Waals surface area contributed by atoms with E-state index in [1.807, 2.05) is 41.8 Å². The Labute approximate surface area is 140 Å². The number of carbonyl (C=O) groups is 2. The third-order valence-electron chi connectivity index (χ3n) is 2.84. The van der Waals surface area contributed by atoms with Crippen molar-refractivity contribution < 1.29 is 19.4 Å². The normalized spacial score (nSPS) is 11.7. The van der Waals surface area contributed by atoms with Crippen molar-refractivity contribution in [3.05, 3.63) is 56.7 Å². The average molecular weight is 384 g/mol. The molecule has 0 aliphatic heterocycles. The Morgan fingerprint density at radius 2 is 2.00 bits per heavy atom. The van der Waals surface area contributed by atoms with Gasteiger partial charge in [-0.1, -0.05) is 30.3 Å². The lowest BCUT2D eigenvalue weighted by Crippen LogP contribution is -2.30. The third-order valence-corrected chi connectivity index (χ3v) is 4.83. The van der Waals surface area contributed by atoms with Crippen molar-refractivity contribution in [1.29, 1.82) is 0 Å². The number of aliphatic carboxylic acids is 1. The lowest BCUT2D eigenvalue weighted by Gasteiger charge is -2.16. The molecule has 0 radical (unpaired) electrons. The van der Waals surface area contributed by atoms with Gasteiger partial charge in [0, 0.05) is 9.35 Å². The molecule has 7 heteroatoms. The molecule has 22 heavy (non-hydrogen) atoms. The summed E-state index contributed by atoms with van der Waals surface area (Å²) in [6, 6.07) is 10.5. The summed E-state index contributed by atoms with van der Waals surface area (Å²) < 4.78 is 5.89. The number of halogens is 1. The van der Waals surface area contributed by atoms with E-state index in [1.54, 1.807) is 0 Å². The lowest BCUT2D eigenvalue weighted by molar-refractivity contribution is -0.137. The molecule has 0 fully saturated rings. The van der Waals surface area contributed by atoms with Gasteiger partial charge in [-0.15, -0.1) is 11.3 Å². The van der Waals surface area contributed by atoms with Gasteiger partial charge < -0.3 is 15.2 Å². The standard InChI is InChI=1S/C15H14BrNO4S/c16-11-6-7-22-14(11)12(8-13(18)19)17-15(20)21-9-10-4-2-1-3-5-10/h1-7,12H,8-9H2,(H,17,20)(H,18,19). The quantitative estimate of drug-likeness (QED) is 0.791. The third kappa shape index (κ3) is 4.85. The average Bonchev–Trinajstić information content (AvgIpc) is 2.91. The Balaban J connectivity index is 1.96. The zero-order chi connectivity index (χ0) is 15.9. The Hall–Kier alpha value is -1.86. The molecule has 1 aromatic carbocycles. The van der Waals surface area contributed by atoms with Gasteiger partial charge in [-0.05, 0) is 32.9 Å². The largest absolute Gasteiger partial charge is 0.481 e. The van der Waals surface area contributed by atoms with Crippen LogP contribution in [0.2, 0.25) is 0 Å². The van der Waals surface area contributed by atoms with Crippen LogP contribution in [0.4, 0.5) is 4.79 Å². The molecular formula is C15H14BrNO4S. The van der Waals surface area contributed by atoms with E-state index in [0.29, 0.717) is 0 Å². The number of amides is 1. The summed E-state index contributed by atoms with van der Waals surface area (Å²) in [5, 5.41) is 13.4. The number of thiophene rings is 1. The number of alkyl carbamates (subject to hydrolysis) is 1. The molecule has 0 bridgehead atoms. The fourth-order valence-corrected chi connectivity index (χ4v) is 3.55. The zero-order valence-corrected chi connectivity index (χ0v) is 13.9. The van der Waals surface area contributed by atoms with Crippen LogP contribution >= 0.6 is 27.3 Å². The van der Waals surface area contributed by atoms with Gasteiger partial charge in [0.15, 0.2) is 0 Å². The number of hydrogen-bond acceptors (Lipinski definition) is 4. The number of hydrogen-bond donors (Lipinski definition) is 2. The number of carboxylic acids is 1. The molecule has 2 rings (SSSR count). The monoisotopic (exact) mass is 383 g/mol. The Morgan fingerprint density at radius 1 is 1.27 bits per heavy atom. The van der Waals surface area contributed by atoms with E-state index in [-0.39, 0.29) is 13.0 Å². The number of rotatable bonds is 6. The molecule has 0 aliphatic rings. The van der Waals surface area contributed by atoms with Crippen LogP contribution in [0.25, 0.3) is 0 Å². The maximum Gasteiger partial charge on any atom is 0.407 e. The van der Waals surface area contributed by atoms with E-state index in [4.69, 9.17) is 9.84 Å². The minimum atomic E-state index is -0.992. The van der Waals surface area contributed by atoms with Crippen molar-refractivity contribution in [1.82, 2.24) is 5.32 Å². The summed E-state index contributed by atoms with van der Waals surface area (Å²) in [5.41, 5.74) is 0.865. The smallest absolute Gasteiger partial charge is 0.407 e.